The number of ether oxygens (including phenoxy) is 3. The zero-order valence-corrected chi connectivity index (χ0v) is 11.7. The van der Waals surface area contributed by atoms with Crippen molar-refractivity contribution in [3.63, 3.8) is 0 Å². The third-order valence-corrected chi connectivity index (χ3v) is 3.01. The van der Waals surface area contributed by atoms with E-state index in [1.54, 1.807) is 21.3 Å². The van der Waals surface area contributed by atoms with Crippen LogP contribution in [0.15, 0.2) is 12.1 Å². The van der Waals surface area contributed by atoms with Crippen LogP contribution in [0, 0.1) is 5.92 Å². The van der Waals surface area contributed by atoms with Crippen LogP contribution in [-0.4, -0.2) is 27.9 Å². The topological polar surface area (TPSA) is 53.7 Å². The highest BCUT2D eigenvalue weighted by molar-refractivity contribution is 5.50. The van der Waals surface area contributed by atoms with Gasteiger partial charge in [0.2, 0.25) is 0 Å². The van der Waals surface area contributed by atoms with Crippen LogP contribution in [-0.2, 0) is 6.42 Å². The second kappa shape index (κ2) is 7.11. The molecule has 1 aromatic carbocycles. The fraction of sp³-hybridized carbons (Fsp3) is 0.571. The van der Waals surface area contributed by atoms with Crippen molar-refractivity contribution in [1.82, 2.24) is 0 Å². The van der Waals surface area contributed by atoms with Gasteiger partial charge in [-0.3, -0.25) is 0 Å². The summed E-state index contributed by atoms with van der Waals surface area (Å²) in [4.78, 5) is 0. The maximum atomic E-state index is 5.58. The minimum Gasteiger partial charge on any atom is -0.496 e. The summed E-state index contributed by atoms with van der Waals surface area (Å²) in [5, 5.41) is 0. The maximum Gasteiger partial charge on any atom is 0.164 e. The van der Waals surface area contributed by atoms with Gasteiger partial charge in [0.05, 0.1) is 21.3 Å². The minimum atomic E-state index is 0.516. The van der Waals surface area contributed by atoms with Crippen molar-refractivity contribution >= 4 is 0 Å². The second-order valence-corrected chi connectivity index (χ2v) is 4.41. The molecule has 0 heterocycles. The lowest BCUT2D eigenvalue weighted by Gasteiger charge is -2.16. The molecule has 0 saturated carbocycles. The summed E-state index contributed by atoms with van der Waals surface area (Å²) in [5.41, 5.74) is 6.70. The minimum absolute atomic E-state index is 0.516. The molecule has 1 rings (SSSR count). The molecule has 0 aliphatic carbocycles. The predicted molar refractivity (Wildman–Crippen MR) is 72.6 cm³/mol. The molecule has 18 heavy (non-hydrogen) atoms. The largest absolute Gasteiger partial charge is 0.496 e. The highest BCUT2D eigenvalue weighted by Crippen LogP contribution is 2.35. The first-order valence-electron chi connectivity index (χ1n) is 6.15. The first-order valence-corrected chi connectivity index (χ1v) is 6.15. The zero-order valence-electron chi connectivity index (χ0n) is 11.7. The lowest BCUT2D eigenvalue weighted by atomic mass is 9.97. The van der Waals surface area contributed by atoms with E-state index >= 15 is 0 Å². The molecule has 0 saturated heterocycles. The summed E-state index contributed by atoms with van der Waals surface area (Å²) >= 11 is 0. The van der Waals surface area contributed by atoms with E-state index < -0.39 is 0 Å². The Kier molecular flexibility index (Phi) is 5.78. The number of rotatable bonds is 7. The van der Waals surface area contributed by atoms with Gasteiger partial charge in [0, 0.05) is 6.07 Å². The van der Waals surface area contributed by atoms with Crippen molar-refractivity contribution < 1.29 is 14.2 Å². The van der Waals surface area contributed by atoms with E-state index in [0.717, 1.165) is 29.9 Å². The van der Waals surface area contributed by atoms with E-state index in [1.807, 2.05) is 12.1 Å². The van der Waals surface area contributed by atoms with Crippen LogP contribution in [0.1, 0.15) is 18.9 Å². The van der Waals surface area contributed by atoms with Gasteiger partial charge in [-0.15, -0.1) is 0 Å². The Balaban J connectivity index is 3.01. The van der Waals surface area contributed by atoms with Crippen LogP contribution >= 0.6 is 0 Å². The average Bonchev–Trinajstić information content (AvgIpc) is 2.38. The van der Waals surface area contributed by atoms with Gasteiger partial charge >= 0.3 is 0 Å². The van der Waals surface area contributed by atoms with Crippen molar-refractivity contribution in [1.29, 1.82) is 0 Å². The molecule has 4 nitrogen and oxygen atoms in total. The first-order chi connectivity index (χ1) is 8.65. The van der Waals surface area contributed by atoms with Crippen LogP contribution in [0.2, 0.25) is 0 Å². The van der Waals surface area contributed by atoms with Crippen molar-refractivity contribution in [3.05, 3.63) is 17.7 Å². The monoisotopic (exact) mass is 253 g/mol. The van der Waals surface area contributed by atoms with E-state index in [4.69, 9.17) is 19.9 Å². The second-order valence-electron chi connectivity index (χ2n) is 4.41. The van der Waals surface area contributed by atoms with E-state index in [9.17, 15) is 0 Å². The van der Waals surface area contributed by atoms with Crippen molar-refractivity contribution in [2.45, 2.75) is 19.8 Å². The fourth-order valence-corrected chi connectivity index (χ4v) is 2.01. The number of nitrogens with two attached hydrogens (primary N) is 1. The van der Waals surface area contributed by atoms with E-state index in [-0.39, 0.29) is 0 Å². The Hall–Kier alpha value is -1.42. The van der Waals surface area contributed by atoms with Crippen molar-refractivity contribution in [2.75, 3.05) is 27.9 Å². The number of benzene rings is 1. The van der Waals surface area contributed by atoms with Crippen LogP contribution in [0.3, 0.4) is 0 Å². The van der Waals surface area contributed by atoms with Gasteiger partial charge in [0.1, 0.15) is 5.75 Å². The fourth-order valence-electron chi connectivity index (χ4n) is 2.01. The van der Waals surface area contributed by atoms with Gasteiger partial charge in [-0.2, -0.15) is 0 Å². The van der Waals surface area contributed by atoms with Gasteiger partial charge < -0.3 is 19.9 Å². The molecule has 1 aromatic rings. The first kappa shape index (κ1) is 14.6. The third kappa shape index (κ3) is 3.53. The third-order valence-electron chi connectivity index (χ3n) is 3.01. The SMILES string of the molecule is COc1cc(OC)c(OC)cc1CC(C)CCN. The summed E-state index contributed by atoms with van der Waals surface area (Å²) in [6, 6.07) is 3.84. The molecule has 2 N–H and O–H groups in total. The molecular weight excluding hydrogens is 230 g/mol. The lowest BCUT2D eigenvalue weighted by Crippen LogP contribution is -2.09. The molecule has 1 atom stereocenters. The molecule has 0 aliphatic rings. The Morgan fingerprint density at radius 1 is 1.00 bits per heavy atom. The Labute approximate surface area is 109 Å². The highest BCUT2D eigenvalue weighted by Gasteiger charge is 2.13. The van der Waals surface area contributed by atoms with Crippen molar-refractivity contribution in [2.24, 2.45) is 11.7 Å². The highest BCUT2D eigenvalue weighted by atomic mass is 16.5. The maximum absolute atomic E-state index is 5.58. The quantitative estimate of drug-likeness (QED) is 0.809. The van der Waals surface area contributed by atoms with E-state index in [0.29, 0.717) is 18.2 Å². The molecule has 4 heteroatoms. The summed E-state index contributed by atoms with van der Waals surface area (Å²) in [6.45, 7) is 2.89. The molecule has 102 valence electrons. The van der Waals surface area contributed by atoms with Gasteiger partial charge in [-0.1, -0.05) is 6.92 Å². The number of hydrogen-bond acceptors (Lipinski definition) is 4. The van der Waals surface area contributed by atoms with Crippen LogP contribution < -0.4 is 19.9 Å². The Bertz CT molecular complexity index is 380. The number of hydrogen-bond donors (Lipinski definition) is 1. The van der Waals surface area contributed by atoms with Crippen molar-refractivity contribution in [3.8, 4) is 17.2 Å². The number of methoxy groups -OCH3 is 3. The van der Waals surface area contributed by atoms with E-state index in [1.165, 1.54) is 0 Å². The Morgan fingerprint density at radius 2 is 1.56 bits per heavy atom. The molecule has 1 unspecified atom stereocenters. The van der Waals surface area contributed by atoms with Crippen LogP contribution in [0.5, 0.6) is 17.2 Å². The van der Waals surface area contributed by atoms with E-state index in [2.05, 4.69) is 6.92 Å². The molecule has 0 aromatic heterocycles. The Morgan fingerprint density at radius 3 is 2.06 bits per heavy atom. The van der Waals surface area contributed by atoms with Gasteiger partial charge in [-0.25, -0.2) is 0 Å². The average molecular weight is 253 g/mol. The zero-order chi connectivity index (χ0) is 13.5. The summed E-state index contributed by atoms with van der Waals surface area (Å²) in [5.74, 6) is 2.76. The molecule has 0 fully saturated rings. The summed E-state index contributed by atoms with van der Waals surface area (Å²) in [7, 11) is 4.92. The molecular formula is C14H23NO3. The molecule has 0 radical (unpaired) electrons. The summed E-state index contributed by atoms with van der Waals surface area (Å²) in [6.07, 6.45) is 1.91. The van der Waals surface area contributed by atoms with Gasteiger partial charge in [0.15, 0.2) is 11.5 Å². The molecule has 0 aliphatic heterocycles. The lowest BCUT2D eigenvalue weighted by molar-refractivity contribution is 0.346. The standard InChI is InChI=1S/C14H23NO3/c1-10(5-6-15)7-11-8-13(17-3)14(18-4)9-12(11)16-2/h8-10H,5-7,15H2,1-4H3. The van der Waals surface area contributed by atoms with Crippen LogP contribution in [0.4, 0.5) is 0 Å². The van der Waals surface area contributed by atoms with Gasteiger partial charge in [-0.05, 0) is 36.9 Å². The molecule has 0 bridgehead atoms. The van der Waals surface area contributed by atoms with Gasteiger partial charge in [0.25, 0.3) is 0 Å². The summed E-state index contributed by atoms with van der Waals surface area (Å²) < 4.78 is 16.0. The molecule has 0 spiro atoms. The van der Waals surface area contributed by atoms with Crippen LogP contribution in [0.25, 0.3) is 0 Å². The molecule has 0 amide bonds. The predicted octanol–water partition coefficient (Wildman–Crippen LogP) is 2.24. The smallest absolute Gasteiger partial charge is 0.164 e. The normalized spacial score (nSPS) is 12.1.